The average molecular weight is 383 g/mol. The molecule has 2 aromatic carbocycles. The molecule has 0 saturated heterocycles. The van der Waals surface area contributed by atoms with Crippen LogP contribution in [0.3, 0.4) is 0 Å². The molecule has 0 bridgehead atoms. The number of phenols is 1. The Hall–Kier alpha value is -2.36. The molecule has 0 amide bonds. The van der Waals surface area contributed by atoms with Crippen molar-refractivity contribution in [2.45, 2.75) is 45.5 Å². The first kappa shape index (κ1) is 21.9. The van der Waals surface area contributed by atoms with Crippen molar-refractivity contribution in [1.82, 2.24) is 0 Å². The van der Waals surface area contributed by atoms with Crippen molar-refractivity contribution >= 4 is 0 Å². The fourth-order valence-corrected chi connectivity index (χ4v) is 2.83. The second-order valence-electron chi connectivity index (χ2n) is 7.23. The molecule has 4 heteroatoms. The van der Waals surface area contributed by atoms with Crippen molar-refractivity contribution in [2.75, 3.05) is 6.61 Å². The topological polar surface area (TPSA) is 69.9 Å². The Morgan fingerprint density at radius 1 is 1.07 bits per heavy atom. The van der Waals surface area contributed by atoms with E-state index in [9.17, 15) is 15.3 Å². The first-order valence-electron chi connectivity index (χ1n) is 9.66. The maximum absolute atomic E-state index is 10.3. The number of phenolic OH excluding ortho intramolecular Hbond substituents is 1. The summed E-state index contributed by atoms with van der Waals surface area (Å²) in [6, 6.07) is 16.5. The van der Waals surface area contributed by atoms with Crippen LogP contribution < -0.4 is 0 Å². The molecular formula is C24H30O4. The first-order chi connectivity index (χ1) is 13.5. The van der Waals surface area contributed by atoms with Crippen molar-refractivity contribution in [3.8, 4) is 5.75 Å². The lowest BCUT2D eigenvalue weighted by atomic mass is 9.97. The largest absolute Gasteiger partial charge is 0.508 e. The molecule has 2 atom stereocenters. The molecule has 28 heavy (non-hydrogen) atoms. The van der Waals surface area contributed by atoms with E-state index in [2.05, 4.69) is 19.6 Å². The van der Waals surface area contributed by atoms with Gasteiger partial charge >= 0.3 is 0 Å². The third kappa shape index (κ3) is 7.71. The van der Waals surface area contributed by atoms with Gasteiger partial charge in [-0.1, -0.05) is 56.3 Å². The minimum absolute atomic E-state index is 0.137. The van der Waals surface area contributed by atoms with Gasteiger partial charge in [0.15, 0.2) is 0 Å². The van der Waals surface area contributed by atoms with Crippen LogP contribution in [0.2, 0.25) is 0 Å². The van der Waals surface area contributed by atoms with Crippen LogP contribution in [0.5, 0.6) is 5.75 Å². The third-order valence-electron chi connectivity index (χ3n) is 4.46. The van der Waals surface area contributed by atoms with Crippen LogP contribution in [0.4, 0.5) is 0 Å². The number of benzene rings is 2. The van der Waals surface area contributed by atoms with Crippen LogP contribution in [0.15, 0.2) is 72.0 Å². The monoisotopic (exact) mass is 382 g/mol. The number of ether oxygens (including phenoxy) is 1. The normalized spacial score (nSPS) is 13.0. The molecule has 0 aliphatic heterocycles. The maximum Gasteiger partial charge on any atom is 0.115 e. The van der Waals surface area contributed by atoms with Gasteiger partial charge in [0.25, 0.3) is 0 Å². The number of rotatable bonds is 10. The van der Waals surface area contributed by atoms with Crippen LogP contribution in [0, 0.1) is 5.92 Å². The van der Waals surface area contributed by atoms with Crippen molar-refractivity contribution in [1.29, 1.82) is 0 Å². The van der Waals surface area contributed by atoms with E-state index in [0.29, 0.717) is 25.0 Å². The minimum Gasteiger partial charge on any atom is -0.508 e. The molecule has 4 nitrogen and oxygen atoms in total. The molecule has 0 fully saturated rings. The molecule has 3 N–H and O–H groups in total. The zero-order valence-corrected chi connectivity index (χ0v) is 16.6. The number of aliphatic hydroxyl groups is 2. The van der Waals surface area contributed by atoms with Crippen LogP contribution in [-0.4, -0.2) is 28.0 Å². The number of hydrogen-bond acceptors (Lipinski definition) is 4. The SMILES string of the molecule is CC(C)C(=C=CC[C@@H](O)c1cccc(O)c1)C[C@@H](O)COCc1ccccc1. The fraction of sp³-hybridized carbons (Fsp3) is 0.375. The van der Waals surface area contributed by atoms with Gasteiger partial charge in [0.1, 0.15) is 5.75 Å². The van der Waals surface area contributed by atoms with Crippen LogP contribution in [0.1, 0.15) is 43.9 Å². The van der Waals surface area contributed by atoms with Crippen LogP contribution in [0.25, 0.3) is 0 Å². The van der Waals surface area contributed by atoms with Gasteiger partial charge in [0, 0.05) is 12.8 Å². The summed E-state index contributed by atoms with van der Waals surface area (Å²) in [5.74, 6) is 0.371. The third-order valence-corrected chi connectivity index (χ3v) is 4.46. The maximum atomic E-state index is 10.3. The summed E-state index contributed by atoms with van der Waals surface area (Å²) in [6.45, 7) is 4.85. The van der Waals surface area contributed by atoms with E-state index in [0.717, 1.165) is 11.1 Å². The van der Waals surface area contributed by atoms with Crippen molar-refractivity contribution < 1.29 is 20.1 Å². The molecule has 0 aromatic heterocycles. The van der Waals surface area contributed by atoms with Gasteiger partial charge in [-0.05, 0) is 40.8 Å². The standard InChI is InChI=1S/C24H30O4/c1-18(2)20(10-7-13-24(27)21-11-6-12-22(25)15-21)14-23(26)17-28-16-19-8-4-3-5-9-19/h3-9,11-12,15,18,23-27H,13-14,16-17H2,1-2H3/t10?,23-,24-/m1/s1. The Balaban J connectivity index is 1.87. The van der Waals surface area contributed by atoms with E-state index < -0.39 is 12.2 Å². The van der Waals surface area contributed by atoms with Gasteiger partial charge in [0.05, 0.1) is 25.4 Å². The summed E-state index contributed by atoms with van der Waals surface area (Å²) in [5.41, 5.74) is 5.96. The zero-order valence-electron chi connectivity index (χ0n) is 16.6. The van der Waals surface area contributed by atoms with Gasteiger partial charge in [-0.15, -0.1) is 5.73 Å². The number of aliphatic hydroxyl groups excluding tert-OH is 2. The second kappa shape index (κ2) is 11.5. The minimum atomic E-state index is -0.702. The average Bonchev–Trinajstić information content (AvgIpc) is 2.67. The number of aromatic hydroxyl groups is 1. The lowest BCUT2D eigenvalue weighted by Crippen LogP contribution is -2.17. The molecule has 2 rings (SSSR count). The van der Waals surface area contributed by atoms with E-state index in [1.807, 2.05) is 30.3 Å². The van der Waals surface area contributed by atoms with Crippen molar-refractivity contribution in [3.63, 3.8) is 0 Å². The molecule has 0 aliphatic rings. The summed E-state index contributed by atoms with van der Waals surface area (Å²) < 4.78 is 5.61. The van der Waals surface area contributed by atoms with E-state index in [1.54, 1.807) is 30.3 Å². The molecule has 0 saturated carbocycles. The molecule has 0 unspecified atom stereocenters. The van der Waals surface area contributed by atoms with Gasteiger partial charge in [-0.25, -0.2) is 0 Å². The predicted molar refractivity (Wildman–Crippen MR) is 111 cm³/mol. The van der Waals surface area contributed by atoms with E-state index in [4.69, 9.17) is 4.74 Å². The Labute approximate surface area is 167 Å². The smallest absolute Gasteiger partial charge is 0.115 e. The lowest BCUT2D eigenvalue weighted by Gasteiger charge is -2.15. The lowest BCUT2D eigenvalue weighted by molar-refractivity contribution is 0.0280. The summed E-state index contributed by atoms with van der Waals surface area (Å²) in [6.07, 6.45) is 1.36. The molecule has 0 spiro atoms. The second-order valence-corrected chi connectivity index (χ2v) is 7.23. The summed E-state index contributed by atoms with van der Waals surface area (Å²) >= 11 is 0. The van der Waals surface area contributed by atoms with Crippen molar-refractivity contribution in [3.05, 3.63) is 83.1 Å². The van der Waals surface area contributed by atoms with Crippen molar-refractivity contribution in [2.24, 2.45) is 5.92 Å². The van der Waals surface area contributed by atoms with E-state index >= 15 is 0 Å². The van der Waals surface area contributed by atoms with Gasteiger partial charge < -0.3 is 20.1 Å². The molecule has 2 aromatic rings. The number of hydrogen-bond donors (Lipinski definition) is 3. The summed E-state index contributed by atoms with van der Waals surface area (Å²) in [5, 5.41) is 30.0. The summed E-state index contributed by atoms with van der Waals surface area (Å²) in [4.78, 5) is 0. The molecule has 150 valence electrons. The van der Waals surface area contributed by atoms with Gasteiger partial charge in [-0.3, -0.25) is 0 Å². The highest BCUT2D eigenvalue weighted by Crippen LogP contribution is 2.21. The van der Waals surface area contributed by atoms with E-state index in [-0.39, 0.29) is 18.3 Å². The van der Waals surface area contributed by atoms with Crippen LogP contribution >= 0.6 is 0 Å². The van der Waals surface area contributed by atoms with Crippen LogP contribution in [-0.2, 0) is 11.3 Å². The molecule has 0 heterocycles. The highest BCUT2D eigenvalue weighted by atomic mass is 16.5. The Morgan fingerprint density at radius 2 is 1.82 bits per heavy atom. The zero-order chi connectivity index (χ0) is 20.4. The Kier molecular flexibility index (Phi) is 8.99. The molecular weight excluding hydrogens is 352 g/mol. The Morgan fingerprint density at radius 3 is 2.50 bits per heavy atom. The van der Waals surface area contributed by atoms with Gasteiger partial charge in [0.2, 0.25) is 0 Å². The quantitative estimate of drug-likeness (QED) is 0.528. The molecule has 0 aliphatic carbocycles. The van der Waals surface area contributed by atoms with E-state index in [1.165, 1.54) is 0 Å². The summed E-state index contributed by atoms with van der Waals surface area (Å²) in [7, 11) is 0. The fourth-order valence-electron chi connectivity index (χ4n) is 2.83. The van der Waals surface area contributed by atoms with Gasteiger partial charge in [-0.2, -0.15) is 0 Å². The highest BCUT2D eigenvalue weighted by molar-refractivity contribution is 5.28. The Bertz CT molecular complexity index is 776. The predicted octanol–water partition coefficient (Wildman–Crippen LogP) is 4.52. The first-order valence-corrected chi connectivity index (χ1v) is 9.66. The molecule has 0 radical (unpaired) electrons. The highest BCUT2D eigenvalue weighted by Gasteiger charge is 2.11.